The van der Waals surface area contributed by atoms with Crippen LogP contribution in [0.15, 0.2) is 30.5 Å². The van der Waals surface area contributed by atoms with Gasteiger partial charge in [0.15, 0.2) is 5.65 Å². The van der Waals surface area contributed by atoms with Crippen LogP contribution in [-0.4, -0.2) is 15.0 Å². The SMILES string of the molecule is Nc1ccc2nc3ncccc3nc2c1N. The summed E-state index contributed by atoms with van der Waals surface area (Å²) in [5.41, 5.74) is 15.2. The molecular weight excluding hydrogens is 202 g/mol. The van der Waals surface area contributed by atoms with Crippen molar-refractivity contribution in [2.24, 2.45) is 0 Å². The van der Waals surface area contributed by atoms with Gasteiger partial charge >= 0.3 is 0 Å². The highest BCUT2D eigenvalue weighted by Crippen LogP contribution is 2.24. The van der Waals surface area contributed by atoms with Crippen LogP contribution in [0.5, 0.6) is 0 Å². The molecule has 2 heterocycles. The van der Waals surface area contributed by atoms with Crippen LogP contribution < -0.4 is 11.5 Å². The van der Waals surface area contributed by atoms with Crippen molar-refractivity contribution in [1.82, 2.24) is 15.0 Å². The van der Waals surface area contributed by atoms with Crippen molar-refractivity contribution in [3.05, 3.63) is 30.5 Å². The maximum Gasteiger partial charge on any atom is 0.178 e. The lowest BCUT2D eigenvalue weighted by molar-refractivity contribution is 1.28. The molecule has 0 aliphatic rings. The predicted octanol–water partition coefficient (Wildman–Crippen LogP) is 1.34. The highest BCUT2D eigenvalue weighted by atomic mass is 14.9. The van der Waals surface area contributed by atoms with Gasteiger partial charge in [0.1, 0.15) is 11.0 Å². The van der Waals surface area contributed by atoms with Crippen LogP contribution >= 0.6 is 0 Å². The molecule has 0 amide bonds. The molecule has 0 spiro atoms. The monoisotopic (exact) mass is 211 g/mol. The Hall–Kier alpha value is -2.43. The molecule has 0 aliphatic carbocycles. The van der Waals surface area contributed by atoms with E-state index in [0.717, 1.165) is 0 Å². The second kappa shape index (κ2) is 3.03. The second-order valence-corrected chi connectivity index (χ2v) is 3.51. The van der Waals surface area contributed by atoms with Crippen LogP contribution in [-0.2, 0) is 0 Å². The molecule has 0 radical (unpaired) electrons. The Labute approximate surface area is 91.1 Å². The van der Waals surface area contributed by atoms with Crippen molar-refractivity contribution >= 4 is 33.6 Å². The smallest absolute Gasteiger partial charge is 0.178 e. The van der Waals surface area contributed by atoms with E-state index in [1.807, 2.05) is 12.1 Å². The molecule has 2 aromatic heterocycles. The third-order valence-corrected chi connectivity index (χ3v) is 2.45. The first-order valence-corrected chi connectivity index (χ1v) is 4.82. The minimum Gasteiger partial charge on any atom is -0.397 e. The minimum absolute atomic E-state index is 0.468. The van der Waals surface area contributed by atoms with E-state index in [1.165, 1.54) is 0 Å². The number of nitrogens with two attached hydrogens (primary N) is 2. The standard InChI is InChI=1S/C11H9N5/c12-6-3-4-7-10(9(6)13)15-8-2-1-5-14-11(8)16-7/h1-5H,12-13H2. The number of hydrogen-bond donors (Lipinski definition) is 2. The van der Waals surface area contributed by atoms with E-state index in [-0.39, 0.29) is 0 Å². The molecule has 3 rings (SSSR count). The summed E-state index contributed by atoms with van der Waals surface area (Å²) in [6.07, 6.45) is 1.68. The predicted molar refractivity (Wildman–Crippen MR) is 63.7 cm³/mol. The molecule has 5 nitrogen and oxygen atoms in total. The summed E-state index contributed by atoms with van der Waals surface area (Å²) in [6.45, 7) is 0. The number of pyridine rings is 1. The number of benzene rings is 1. The molecule has 4 N–H and O–H groups in total. The molecule has 78 valence electrons. The van der Waals surface area contributed by atoms with Crippen LogP contribution in [0, 0.1) is 0 Å². The van der Waals surface area contributed by atoms with Crippen molar-refractivity contribution in [2.75, 3.05) is 11.5 Å². The zero-order chi connectivity index (χ0) is 11.1. The van der Waals surface area contributed by atoms with Gasteiger partial charge in [0.25, 0.3) is 0 Å². The Morgan fingerprint density at radius 2 is 1.81 bits per heavy atom. The maximum atomic E-state index is 5.86. The molecule has 1 aromatic carbocycles. The Balaban J connectivity index is 2.51. The average Bonchev–Trinajstić information content (AvgIpc) is 2.32. The van der Waals surface area contributed by atoms with Gasteiger partial charge in [-0.1, -0.05) is 0 Å². The molecule has 0 bridgehead atoms. The zero-order valence-electron chi connectivity index (χ0n) is 8.38. The van der Waals surface area contributed by atoms with Crippen LogP contribution in [0.4, 0.5) is 11.4 Å². The molecule has 0 aliphatic heterocycles. The molecule has 16 heavy (non-hydrogen) atoms. The molecular formula is C11H9N5. The average molecular weight is 211 g/mol. The van der Waals surface area contributed by atoms with Crippen LogP contribution in [0.2, 0.25) is 0 Å². The van der Waals surface area contributed by atoms with Crippen molar-refractivity contribution in [2.45, 2.75) is 0 Å². The van der Waals surface area contributed by atoms with Gasteiger partial charge in [0, 0.05) is 6.20 Å². The number of aromatic nitrogens is 3. The summed E-state index contributed by atoms with van der Waals surface area (Å²) in [6, 6.07) is 7.17. The van der Waals surface area contributed by atoms with Gasteiger partial charge < -0.3 is 11.5 Å². The third kappa shape index (κ3) is 1.15. The molecule has 3 aromatic rings. The lowest BCUT2D eigenvalue weighted by Gasteiger charge is -2.04. The van der Waals surface area contributed by atoms with Gasteiger partial charge in [0.05, 0.1) is 16.9 Å². The number of rotatable bonds is 0. The largest absolute Gasteiger partial charge is 0.397 e. The Bertz CT molecular complexity index is 692. The fraction of sp³-hybridized carbons (Fsp3) is 0. The van der Waals surface area contributed by atoms with Crippen molar-refractivity contribution < 1.29 is 0 Å². The van der Waals surface area contributed by atoms with E-state index in [2.05, 4.69) is 15.0 Å². The third-order valence-electron chi connectivity index (χ3n) is 2.45. The van der Waals surface area contributed by atoms with Crippen molar-refractivity contribution in [3.8, 4) is 0 Å². The van der Waals surface area contributed by atoms with Crippen molar-refractivity contribution in [3.63, 3.8) is 0 Å². The van der Waals surface area contributed by atoms with Gasteiger partial charge in [0.2, 0.25) is 0 Å². The number of hydrogen-bond acceptors (Lipinski definition) is 5. The number of anilines is 2. The van der Waals surface area contributed by atoms with Gasteiger partial charge in [-0.25, -0.2) is 15.0 Å². The van der Waals surface area contributed by atoms with Gasteiger partial charge in [-0.15, -0.1) is 0 Å². The van der Waals surface area contributed by atoms with Gasteiger partial charge in [-0.3, -0.25) is 0 Å². The Kier molecular flexibility index (Phi) is 1.67. The topological polar surface area (TPSA) is 90.7 Å². The molecule has 0 unspecified atom stereocenters. The van der Waals surface area contributed by atoms with Crippen LogP contribution in [0.3, 0.4) is 0 Å². The highest BCUT2D eigenvalue weighted by molar-refractivity contribution is 5.96. The summed E-state index contributed by atoms with van der Waals surface area (Å²) >= 11 is 0. The van der Waals surface area contributed by atoms with Crippen LogP contribution in [0.1, 0.15) is 0 Å². The maximum absolute atomic E-state index is 5.86. The van der Waals surface area contributed by atoms with Crippen molar-refractivity contribution in [1.29, 1.82) is 0 Å². The van der Waals surface area contributed by atoms with Crippen LogP contribution in [0.25, 0.3) is 22.2 Å². The lowest BCUT2D eigenvalue weighted by Crippen LogP contribution is -1.98. The normalized spacial score (nSPS) is 11.0. The first kappa shape index (κ1) is 8.84. The molecule has 0 atom stereocenters. The number of nitrogens with zero attached hydrogens (tertiary/aromatic N) is 3. The first-order valence-electron chi connectivity index (χ1n) is 4.82. The summed E-state index contributed by atoms with van der Waals surface area (Å²) < 4.78 is 0. The fourth-order valence-electron chi connectivity index (χ4n) is 1.62. The van der Waals surface area contributed by atoms with E-state index in [0.29, 0.717) is 33.6 Å². The second-order valence-electron chi connectivity index (χ2n) is 3.51. The van der Waals surface area contributed by atoms with Gasteiger partial charge in [-0.2, -0.15) is 0 Å². The summed E-state index contributed by atoms with van der Waals surface area (Å²) in [7, 11) is 0. The summed E-state index contributed by atoms with van der Waals surface area (Å²) in [4.78, 5) is 12.9. The fourth-order valence-corrected chi connectivity index (χ4v) is 1.62. The van der Waals surface area contributed by atoms with E-state index >= 15 is 0 Å². The number of nitrogen functional groups attached to an aromatic ring is 2. The molecule has 0 saturated carbocycles. The zero-order valence-corrected chi connectivity index (χ0v) is 8.38. The molecule has 5 heteroatoms. The molecule has 0 saturated heterocycles. The quantitative estimate of drug-likeness (QED) is 0.432. The first-order chi connectivity index (χ1) is 7.75. The summed E-state index contributed by atoms with van der Waals surface area (Å²) in [5.74, 6) is 0. The molecule has 0 fully saturated rings. The highest BCUT2D eigenvalue weighted by Gasteiger charge is 2.06. The van der Waals surface area contributed by atoms with Gasteiger partial charge in [-0.05, 0) is 24.3 Å². The van der Waals surface area contributed by atoms with E-state index < -0.39 is 0 Å². The lowest BCUT2D eigenvalue weighted by atomic mass is 10.2. The summed E-state index contributed by atoms with van der Waals surface area (Å²) in [5, 5.41) is 0. The van der Waals surface area contributed by atoms with E-state index in [9.17, 15) is 0 Å². The Morgan fingerprint density at radius 1 is 0.938 bits per heavy atom. The minimum atomic E-state index is 0.468. The van der Waals surface area contributed by atoms with E-state index in [1.54, 1.807) is 18.3 Å². The number of fused-ring (bicyclic) bond motifs is 2. The van der Waals surface area contributed by atoms with E-state index in [4.69, 9.17) is 11.5 Å². The Morgan fingerprint density at radius 3 is 2.69 bits per heavy atom.